The van der Waals surface area contributed by atoms with E-state index in [1.54, 1.807) is 7.11 Å². The Balaban J connectivity index is 1.46. The first-order chi connectivity index (χ1) is 21.7. The number of benzene rings is 5. The van der Waals surface area contributed by atoms with Crippen molar-refractivity contribution in [3.63, 3.8) is 0 Å². The SMILES string of the molecule is COc1ccc(C2C(c3ccccc3)C(=O)C3(c4ccccc4)C(c4ccccc4)=C(c4ccccc4)C4CCN2N43)cc1. The Morgan fingerprint density at radius 3 is 1.84 bits per heavy atom. The topological polar surface area (TPSA) is 32.8 Å². The maximum Gasteiger partial charge on any atom is 0.172 e. The Morgan fingerprint density at radius 2 is 1.23 bits per heavy atom. The summed E-state index contributed by atoms with van der Waals surface area (Å²) < 4.78 is 5.52. The van der Waals surface area contributed by atoms with Crippen LogP contribution in [0.2, 0.25) is 0 Å². The Hall–Kier alpha value is -4.77. The molecule has 4 nitrogen and oxygen atoms in total. The number of hydrogen-bond acceptors (Lipinski definition) is 4. The highest BCUT2D eigenvalue weighted by molar-refractivity contribution is 6.15. The van der Waals surface area contributed by atoms with Crippen molar-refractivity contribution in [2.24, 2.45) is 0 Å². The number of Topliss-reactive ketones (excluding diaryl/α,β-unsaturated/α-hetero) is 1. The number of rotatable bonds is 6. The zero-order valence-corrected chi connectivity index (χ0v) is 24.7. The molecule has 0 aromatic heterocycles. The second-order valence-electron chi connectivity index (χ2n) is 11.9. The molecule has 8 rings (SSSR count). The number of hydrogen-bond donors (Lipinski definition) is 0. The standard InChI is InChI=1S/C40H34N2O2/c1-44-33-24-22-31(23-25-33)38-36(29-16-8-3-9-17-29)39(43)40(32-20-12-5-13-21-32)37(30-18-10-4-11-19-30)35(28-14-6-2-7-15-28)34-26-27-41(38)42(34)40/h2-25,34,36,38H,26-27H2,1H3. The normalized spacial score (nSPS) is 24.8. The van der Waals surface area contributed by atoms with Crippen LogP contribution in [0.1, 0.15) is 46.2 Å². The molecule has 3 aliphatic rings. The molecule has 3 aliphatic heterocycles. The number of carbonyl (C=O) groups is 1. The van der Waals surface area contributed by atoms with E-state index in [2.05, 4.69) is 131 Å². The number of hydrazine groups is 1. The fourth-order valence-electron chi connectivity index (χ4n) is 8.06. The molecule has 0 radical (unpaired) electrons. The van der Waals surface area contributed by atoms with Crippen molar-refractivity contribution in [1.82, 2.24) is 10.0 Å². The van der Waals surface area contributed by atoms with Gasteiger partial charge in [-0.25, -0.2) is 10.0 Å². The van der Waals surface area contributed by atoms with Gasteiger partial charge in [-0.2, -0.15) is 0 Å². The highest BCUT2D eigenvalue weighted by Crippen LogP contribution is 2.64. The first-order valence-electron chi connectivity index (χ1n) is 15.4. The summed E-state index contributed by atoms with van der Waals surface area (Å²) in [5.74, 6) is 0.628. The quantitative estimate of drug-likeness (QED) is 0.206. The van der Waals surface area contributed by atoms with Gasteiger partial charge in [-0.15, -0.1) is 0 Å². The molecule has 216 valence electrons. The van der Waals surface area contributed by atoms with Crippen LogP contribution in [-0.4, -0.2) is 35.5 Å². The smallest absolute Gasteiger partial charge is 0.172 e. The molecular weight excluding hydrogens is 540 g/mol. The molecule has 2 fully saturated rings. The summed E-state index contributed by atoms with van der Waals surface area (Å²) in [6.45, 7) is 0.852. The molecule has 0 spiro atoms. The molecule has 0 amide bonds. The first-order valence-corrected chi connectivity index (χ1v) is 15.4. The molecule has 4 heteroatoms. The van der Waals surface area contributed by atoms with E-state index in [-0.39, 0.29) is 17.9 Å². The minimum atomic E-state index is -1.00. The minimum absolute atomic E-state index is 0.0502. The third-order valence-electron chi connectivity index (χ3n) is 9.74. The molecular formula is C40H34N2O2. The van der Waals surface area contributed by atoms with Crippen LogP contribution in [-0.2, 0) is 10.3 Å². The molecule has 0 N–H and O–H groups in total. The molecule has 0 aliphatic carbocycles. The minimum Gasteiger partial charge on any atom is -0.497 e. The summed E-state index contributed by atoms with van der Waals surface area (Å²) in [5, 5.41) is 5.00. The number of methoxy groups -OCH3 is 1. The molecule has 3 heterocycles. The van der Waals surface area contributed by atoms with E-state index in [9.17, 15) is 0 Å². The lowest BCUT2D eigenvalue weighted by Crippen LogP contribution is -2.64. The van der Waals surface area contributed by atoms with Crippen LogP contribution in [0.15, 0.2) is 146 Å². The third kappa shape index (κ3) is 3.88. The molecule has 0 bridgehead atoms. The largest absolute Gasteiger partial charge is 0.497 e. The summed E-state index contributed by atoms with van der Waals surface area (Å²) in [7, 11) is 1.69. The number of nitrogens with zero attached hydrogens (tertiary/aromatic N) is 2. The van der Waals surface area contributed by atoms with Gasteiger partial charge in [0.15, 0.2) is 5.78 Å². The molecule has 5 aromatic carbocycles. The van der Waals surface area contributed by atoms with Crippen LogP contribution in [0, 0.1) is 0 Å². The van der Waals surface area contributed by atoms with E-state index in [0.29, 0.717) is 0 Å². The fourth-order valence-corrected chi connectivity index (χ4v) is 8.06. The van der Waals surface area contributed by atoms with Gasteiger partial charge in [-0.1, -0.05) is 133 Å². The Labute approximate surface area is 258 Å². The van der Waals surface area contributed by atoms with Crippen molar-refractivity contribution in [2.45, 2.75) is 30.0 Å². The summed E-state index contributed by atoms with van der Waals surface area (Å²) in [4.78, 5) is 16.0. The van der Waals surface area contributed by atoms with Crippen molar-refractivity contribution < 1.29 is 9.53 Å². The number of ketones is 1. The van der Waals surface area contributed by atoms with Crippen LogP contribution in [0.5, 0.6) is 5.75 Å². The zero-order valence-electron chi connectivity index (χ0n) is 24.7. The van der Waals surface area contributed by atoms with Crippen molar-refractivity contribution in [3.05, 3.63) is 173 Å². The number of carbonyl (C=O) groups excluding carboxylic acids is 1. The van der Waals surface area contributed by atoms with Crippen molar-refractivity contribution in [1.29, 1.82) is 0 Å². The molecule has 5 aromatic rings. The Bertz CT molecular complexity index is 1820. The van der Waals surface area contributed by atoms with Gasteiger partial charge in [0.2, 0.25) is 0 Å². The Morgan fingerprint density at radius 1 is 0.659 bits per heavy atom. The van der Waals surface area contributed by atoms with E-state index >= 15 is 4.79 Å². The van der Waals surface area contributed by atoms with E-state index in [0.717, 1.165) is 46.5 Å². The van der Waals surface area contributed by atoms with Crippen LogP contribution in [0.4, 0.5) is 0 Å². The fraction of sp³-hybridized carbons (Fsp3) is 0.175. The molecule has 0 saturated carbocycles. The summed E-state index contributed by atoms with van der Waals surface area (Å²) in [5.41, 5.74) is 6.78. The van der Waals surface area contributed by atoms with Crippen molar-refractivity contribution >= 4 is 16.9 Å². The molecule has 4 atom stereocenters. The van der Waals surface area contributed by atoms with Crippen LogP contribution >= 0.6 is 0 Å². The van der Waals surface area contributed by atoms with Gasteiger partial charge in [0, 0.05) is 6.54 Å². The van der Waals surface area contributed by atoms with Crippen molar-refractivity contribution in [3.8, 4) is 5.75 Å². The first kappa shape index (κ1) is 26.8. The maximum atomic E-state index is 16.0. The monoisotopic (exact) mass is 574 g/mol. The predicted molar refractivity (Wildman–Crippen MR) is 175 cm³/mol. The maximum absolute atomic E-state index is 16.0. The van der Waals surface area contributed by atoms with E-state index in [4.69, 9.17) is 4.74 Å². The van der Waals surface area contributed by atoms with Gasteiger partial charge in [0.1, 0.15) is 11.3 Å². The summed E-state index contributed by atoms with van der Waals surface area (Å²) in [6, 6.07) is 50.4. The lowest BCUT2D eigenvalue weighted by atomic mass is 9.67. The second kappa shape index (κ2) is 10.7. The average Bonchev–Trinajstić information content (AvgIpc) is 3.67. The molecule has 44 heavy (non-hydrogen) atoms. The van der Waals surface area contributed by atoms with Crippen LogP contribution < -0.4 is 4.74 Å². The van der Waals surface area contributed by atoms with Gasteiger partial charge in [-0.05, 0) is 57.5 Å². The highest BCUT2D eigenvalue weighted by Gasteiger charge is 2.68. The Kier molecular flexibility index (Phi) is 6.55. The molecule has 2 saturated heterocycles. The van der Waals surface area contributed by atoms with Gasteiger partial charge in [-0.3, -0.25) is 4.79 Å². The second-order valence-corrected chi connectivity index (χ2v) is 11.9. The highest BCUT2D eigenvalue weighted by atomic mass is 16.5. The van der Waals surface area contributed by atoms with E-state index in [1.165, 1.54) is 11.1 Å². The zero-order chi connectivity index (χ0) is 29.7. The van der Waals surface area contributed by atoms with Gasteiger partial charge in [0.05, 0.1) is 25.1 Å². The lowest BCUT2D eigenvalue weighted by molar-refractivity contribution is -0.165. The number of ether oxygens (including phenoxy) is 1. The average molecular weight is 575 g/mol. The summed E-state index contributed by atoms with van der Waals surface area (Å²) in [6.07, 6.45) is 0.927. The molecule has 4 unspecified atom stereocenters. The van der Waals surface area contributed by atoms with Crippen LogP contribution in [0.3, 0.4) is 0 Å². The van der Waals surface area contributed by atoms with E-state index in [1.807, 2.05) is 24.3 Å². The van der Waals surface area contributed by atoms with Gasteiger partial charge >= 0.3 is 0 Å². The van der Waals surface area contributed by atoms with Crippen LogP contribution in [0.25, 0.3) is 11.1 Å². The van der Waals surface area contributed by atoms with Gasteiger partial charge < -0.3 is 4.74 Å². The van der Waals surface area contributed by atoms with Crippen molar-refractivity contribution in [2.75, 3.05) is 13.7 Å². The predicted octanol–water partition coefficient (Wildman–Crippen LogP) is 7.91. The van der Waals surface area contributed by atoms with Gasteiger partial charge in [0.25, 0.3) is 0 Å². The summed E-state index contributed by atoms with van der Waals surface area (Å²) >= 11 is 0. The van der Waals surface area contributed by atoms with E-state index < -0.39 is 11.5 Å². The lowest BCUT2D eigenvalue weighted by Gasteiger charge is -2.54. The third-order valence-corrected chi connectivity index (χ3v) is 9.74.